The van der Waals surface area contributed by atoms with Gasteiger partial charge in [-0.25, -0.2) is 15.0 Å². The molecule has 0 saturated carbocycles. The topological polar surface area (TPSA) is 54.8 Å². The Morgan fingerprint density at radius 2 is 2.00 bits per heavy atom. The largest absolute Gasteiger partial charge is 0.359 e. The molecule has 0 aromatic carbocycles. The summed E-state index contributed by atoms with van der Waals surface area (Å²) in [4.78, 5) is 19.5. The van der Waals surface area contributed by atoms with Crippen LogP contribution in [0.3, 0.4) is 0 Å². The van der Waals surface area contributed by atoms with Crippen LogP contribution in [0.5, 0.6) is 0 Å². The Bertz CT molecular complexity index is 698. The summed E-state index contributed by atoms with van der Waals surface area (Å²) in [6.45, 7) is 3.04. The van der Waals surface area contributed by atoms with Gasteiger partial charge >= 0.3 is 0 Å². The Hall–Kier alpha value is -2.08. The number of fused-ring (bicyclic) bond motifs is 1. The molecule has 3 aromatic rings. The first-order chi connectivity index (χ1) is 9.74. The number of hydrogen-bond donors (Lipinski definition) is 0. The number of rotatable bonds is 4. The first kappa shape index (κ1) is 12.9. The Labute approximate surface area is 121 Å². The zero-order valence-electron chi connectivity index (χ0n) is 11.4. The number of aromatic nitrogens is 4. The van der Waals surface area contributed by atoms with Gasteiger partial charge in [-0.05, 0) is 12.1 Å². The Kier molecular flexibility index (Phi) is 3.56. The molecule has 0 saturated heterocycles. The zero-order valence-corrected chi connectivity index (χ0v) is 12.2. The van der Waals surface area contributed by atoms with Gasteiger partial charge in [0.05, 0.1) is 5.01 Å². The van der Waals surface area contributed by atoms with Gasteiger partial charge in [0.15, 0.2) is 5.65 Å². The van der Waals surface area contributed by atoms with Gasteiger partial charge in [-0.3, -0.25) is 4.98 Å². The van der Waals surface area contributed by atoms with Crippen molar-refractivity contribution >= 4 is 28.3 Å². The maximum atomic E-state index is 4.54. The summed E-state index contributed by atoms with van der Waals surface area (Å²) < 4.78 is 0. The first-order valence-corrected chi connectivity index (χ1v) is 7.30. The maximum Gasteiger partial charge on any atom is 0.180 e. The van der Waals surface area contributed by atoms with Gasteiger partial charge in [0, 0.05) is 43.5 Å². The molecule has 6 heteroatoms. The van der Waals surface area contributed by atoms with E-state index in [0.717, 1.165) is 22.9 Å². The van der Waals surface area contributed by atoms with Crippen molar-refractivity contribution in [3.8, 4) is 0 Å². The Morgan fingerprint density at radius 3 is 2.80 bits per heavy atom. The molecule has 3 heterocycles. The second-order valence-corrected chi connectivity index (χ2v) is 5.65. The van der Waals surface area contributed by atoms with E-state index in [-0.39, 0.29) is 0 Å². The molecule has 0 N–H and O–H groups in total. The summed E-state index contributed by atoms with van der Waals surface area (Å²) in [5.74, 6) is 1.28. The van der Waals surface area contributed by atoms with E-state index in [1.54, 1.807) is 23.7 Å². The molecule has 0 radical (unpaired) electrons. The highest BCUT2D eigenvalue weighted by Gasteiger charge is 2.13. The molecule has 20 heavy (non-hydrogen) atoms. The summed E-state index contributed by atoms with van der Waals surface area (Å²) >= 11 is 1.69. The van der Waals surface area contributed by atoms with E-state index < -0.39 is 0 Å². The van der Waals surface area contributed by atoms with Crippen molar-refractivity contribution < 1.29 is 0 Å². The Morgan fingerprint density at radius 1 is 1.15 bits per heavy atom. The molecule has 0 amide bonds. The molecule has 0 fully saturated rings. The number of pyridine rings is 1. The van der Waals surface area contributed by atoms with Crippen LogP contribution in [0.15, 0.2) is 36.1 Å². The number of hydrogen-bond acceptors (Lipinski definition) is 6. The SMILES string of the molecule is CC(CN(C)c1ccc2nccnc2n1)c1nccs1. The van der Waals surface area contributed by atoms with E-state index in [9.17, 15) is 0 Å². The minimum Gasteiger partial charge on any atom is -0.359 e. The lowest BCUT2D eigenvalue weighted by Gasteiger charge is -2.21. The molecule has 3 rings (SSSR count). The van der Waals surface area contributed by atoms with Crippen LogP contribution in [0.4, 0.5) is 5.82 Å². The fraction of sp³-hybridized carbons (Fsp3) is 0.286. The van der Waals surface area contributed by atoms with Crippen LogP contribution in [0.1, 0.15) is 17.8 Å². The number of nitrogens with zero attached hydrogens (tertiary/aromatic N) is 5. The molecular formula is C14H15N5S. The number of anilines is 1. The van der Waals surface area contributed by atoms with Crippen molar-refractivity contribution in [3.63, 3.8) is 0 Å². The molecule has 0 aliphatic carbocycles. The highest BCUT2D eigenvalue weighted by Crippen LogP contribution is 2.21. The molecule has 0 aliphatic rings. The van der Waals surface area contributed by atoms with Crippen molar-refractivity contribution in [1.82, 2.24) is 19.9 Å². The minimum atomic E-state index is 0.374. The second kappa shape index (κ2) is 5.50. The summed E-state index contributed by atoms with van der Waals surface area (Å²) in [5.41, 5.74) is 1.50. The number of thiazole rings is 1. The standard InChI is InChI=1S/C14H15N5S/c1-10(14-17-7-8-20-14)9-19(2)12-4-3-11-13(18-12)16-6-5-15-11/h3-8,10H,9H2,1-2H3. The summed E-state index contributed by atoms with van der Waals surface area (Å²) in [7, 11) is 2.04. The van der Waals surface area contributed by atoms with Crippen LogP contribution in [0, 0.1) is 0 Å². The second-order valence-electron chi connectivity index (χ2n) is 4.72. The van der Waals surface area contributed by atoms with Crippen LogP contribution in [-0.2, 0) is 0 Å². The predicted octanol–water partition coefficient (Wildman–Crippen LogP) is 2.72. The molecule has 5 nitrogen and oxygen atoms in total. The summed E-state index contributed by atoms with van der Waals surface area (Å²) in [6, 6.07) is 3.93. The van der Waals surface area contributed by atoms with Crippen LogP contribution in [0.25, 0.3) is 11.2 Å². The van der Waals surface area contributed by atoms with Crippen LogP contribution in [-0.4, -0.2) is 33.5 Å². The third-order valence-corrected chi connectivity index (χ3v) is 4.14. The summed E-state index contributed by atoms with van der Waals surface area (Å²) in [5, 5.41) is 3.16. The van der Waals surface area contributed by atoms with Crippen molar-refractivity contribution in [3.05, 3.63) is 41.1 Å². The van der Waals surface area contributed by atoms with Crippen molar-refractivity contribution in [2.45, 2.75) is 12.8 Å². The van der Waals surface area contributed by atoms with Crippen molar-refractivity contribution in [2.75, 3.05) is 18.5 Å². The molecule has 0 spiro atoms. The zero-order chi connectivity index (χ0) is 13.9. The van der Waals surface area contributed by atoms with Gasteiger partial charge in [-0.2, -0.15) is 0 Å². The van der Waals surface area contributed by atoms with E-state index in [1.165, 1.54) is 0 Å². The molecule has 1 atom stereocenters. The van der Waals surface area contributed by atoms with Gasteiger partial charge in [0.25, 0.3) is 0 Å². The molecule has 0 bridgehead atoms. The van der Waals surface area contributed by atoms with Crippen LogP contribution >= 0.6 is 11.3 Å². The fourth-order valence-electron chi connectivity index (χ4n) is 2.12. The lowest BCUT2D eigenvalue weighted by Crippen LogP contribution is -2.23. The van der Waals surface area contributed by atoms with Gasteiger partial charge < -0.3 is 4.90 Å². The predicted molar refractivity (Wildman–Crippen MR) is 81.1 cm³/mol. The third-order valence-electron chi connectivity index (χ3n) is 3.13. The van der Waals surface area contributed by atoms with Gasteiger partial charge in [-0.1, -0.05) is 6.92 Å². The molecule has 0 aliphatic heterocycles. The van der Waals surface area contributed by atoms with E-state index in [1.807, 2.05) is 30.8 Å². The van der Waals surface area contributed by atoms with Gasteiger partial charge in [0.2, 0.25) is 0 Å². The molecule has 1 unspecified atom stereocenters. The average Bonchev–Trinajstić information content (AvgIpc) is 3.01. The highest BCUT2D eigenvalue weighted by molar-refractivity contribution is 7.09. The molecular weight excluding hydrogens is 270 g/mol. The monoisotopic (exact) mass is 285 g/mol. The van der Waals surface area contributed by atoms with Crippen molar-refractivity contribution in [1.29, 1.82) is 0 Å². The van der Waals surface area contributed by atoms with Crippen LogP contribution < -0.4 is 4.90 Å². The van der Waals surface area contributed by atoms with Crippen molar-refractivity contribution in [2.24, 2.45) is 0 Å². The smallest absolute Gasteiger partial charge is 0.180 e. The summed E-state index contributed by atoms with van der Waals surface area (Å²) in [6.07, 6.45) is 5.19. The molecule has 3 aromatic heterocycles. The lowest BCUT2D eigenvalue weighted by molar-refractivity contribution is 0.722. The van der Waals surface area contributed by atoms with E-state index >= 15 is 0 Å². The molecule has 102 valence electrons. The lowest BCUT2D eigenvalue weighted by atomic mass is 10.2. The minimum absolute atomic E-state index is 0.374. The van der Waals surface area contributed by atoms with Crippen LogP contribution in [0.2, 0.25) is 0 Å². The number of likely N-dealkylation sites (N-methyl/N-ethyl adjacent to an activating group) is 1. The van der Waals surface area contributed by atoms with E-state index in [4.69, 9.17) is 0 Å². The average molecular weight is 285 g/mol. The van der Waals surface area contributed by atoms with Gasteiger partial charge in [0.1, 0.15) is 11.3 Å². The highest BCUT2D eigenvalue weighted by atomic mass is 32.1. The Balaban J connectivity index is 1.80. The fourth-order valence-corrected chi connectivity index (χ4v) is 2.81. The van der Waals surface area contributed by atoms with E-state index in [0.29, 0.717) is 11.6 Å². The van der Waals surface area contributed by atoms with Gasteiger partial charge in [-0.15, -0.1) is 11.3 Å². The third kappa shape index (κ3) is 2.60. The first-order valence-electron chi connectivity index (χ1n) is 6.42. The maximum absolute atomic E-state index is 4.54. The quantitative estimate of drug-likeness (QED) is 0.737. The van der Waals surface area contributed by atoms with E-state index in [2.05, 4.69) is 31.8 Å². The normalized spacial score (nSPS) is 12.5.